The number of benzene rings is 1. The number of nitrogens with zero attached hydrogens (tertiary/aromatic N) is 1. The van der Waals surface area contributed by atoms with Crippen molar-refractivity contribution < 1.29 is 27.2 Å². The molecule has 0 saturated heterocycles. The smallest absolute Gasteiger partial charge is 0.394 e. The minimum absolute atomic E-state index is 0.160. The summed E-state index contributed by atoms with van der Waals surface area (Å²) in [6.07, 6.45) is 0. The standard InChI is InChI=1S/C7H9N3O3.H2O4S/c1-13-6-4-2-3-5(9-8)7(6)10(11)12;1-5(2,3)4/h2-4,9H,8H2,1H3;(H2,1,2,3,4). The molecule has 0 fully saturated rings. The molecular weight excluding hydrogens is 270 g/mol. The quantitative estimate of drug-likeness (QED) is 0.262. The topological polar surface area (TPSA) is 165 Å². The molecule has 18 heavy (non-hydrogen) atoms. The molecule has 0 atom stereocenters. The van der Waals surface area contributed by atoms with Crippen LogP contribution in [0.3, 0.4) is 0 Å². The lowest BCUT2D eigenvalue weighted by Crippen LogP contribution is -2.09. The Bertz CT molecular complexity index is 486. The molecule has 0 aromatic heterocycles. The number of nitro benzene ring substituents is 1. The molecule has 0 spiro atoms. The van der Waals surface area contributed by atoms with Crippen LogP contribution in [0.4, 0.5) is 11.4 Å². The maximum Gasteiger partial charge on any atom is 0.394 e. The van der Waals surface area contributed by atoms with E-state index in [0.29, 0.717) is 0 Å². The van der Waals surface area contributed by atoms with Crippen molar-refractivity contribution in [1.82, 2.24) is 0 Å². The van der Waals surface area contributed by atoms with Crippen LogP contribution in [0.5, 0.6) is 5.75 Å². The molecule has 0 unspecified atom stereocenters. The second-order valence-electron chi connectivity index (χ2n) is 2.71. The Morgan fingerprint density at radius 3 is 2.28 bits per heavy atom. The van der Waals surface area contributed by atoms with Gasteiger partial charge in [-0.3, -0.25) is 25.1 Å². The molecule has 0 aliphatic carbocycles. The molecule has 1 aromatic rings. The number of hydrazine groups is 1. The van der Waals surface area contributed by atoms with Crippen molar-refractivity contribution in [3.63, 3.8) is 0 Å². The second kappa shape index (κ2) is 6.70. The van der Waals surface area contributed by atoms with Crippen LogP contribution >= 0.6 is 0 Å². The van der Waals surface area contributed by atoms with Gasteiger partial charge in [0.05, 0.1) is 12.0 Å². The average Bonchev–Trinajstić information content (AvgIpc) is 2.25. The zero-order valence-electron chi connectivity index (χ0n) is 9.10. The van der Waals surface area contributed by atoms with Crippen LogP contribution in [0.1, 0.15) is 0 Å². The van der Waals surface area contributed by atoms with Crippen LogP contribution in [0.15, 0.2) is 18.2 Å². The predicted octanol–water partition coefficient (Wildman–Crippen LogP) is 0.236. The van der Waals surface area contributed by atoms with E-state index in [1.807, 2.05) is 0 Å². The lowest BCUT2D eigenvalue weighted by Gasteiger charge is -2.05. The summed E-state index contributed by atoms with van der Waals surface area (Å²) in [6, 6.07) is 4.61. The van der Waals surface area contributed by atoms with Gasteiger partial charge < -0.3 is 10.2 Å². The number of nitrogen functional groups attached to an aromatic ring is 1. The molecule has 0 radical (unpaired) electrons. The number of nitrogens with one attached hydrogen (secondary N) is 1. The summed E-state index contributed by atoms with van der Waals surface area (Å²) in [4.78, 5) is 10.0. The van der Waals surface area contributed by atoms with E-state index in [1.54, 1.807) is 6.07 Å². The van der Waals surface area contributed by atoms with E-state index < -0.39 is 15.3 Å². The Morgan fingerprint density at radius 1 is 1.44 bits per heavy atom. The zero-order chi connectivity index (χ0) is 14.3. The molecule has 1 rings (SSSR count). The fraction of sp³-hybridized carbons (Fsp3) is 0.143. The van der Waals surface area contributed by atoms with Crippen molar-refractivity contribution in [3.8, 4) is 5.75 Å². The molecule has 0 heterocycles. The normalized spacial score (nSPS) is 10.0. The number of hydrogen-bond acceptors (Lipinski definition) is 7. The van der Waals surface area contributed by atoms with Gasteiger partial charge in [0.1, 0.15) is 5.69 Å². The van der Waals surface area contributed by atoms with E-state index in [4.69, 9.17) is 28.1 Å². The maximum absolute atomic E-state index is 10.6. The van der Waals surface area contributed by atoms with Crippen LogP contribution in [0.2, 0.25) is 0 Å². The number of nitrogens with two attached hydrogens (primary N) is 1. The Balaban J connectivity index is 0.000000494. The molecule has 5 N–H and O–H groups in total. The number of hydrogen-bond donors (Lipinski definition) is 4. The molecule has 102 valence electrons. The van der Waals surface area contributed by atoms with Crippen LogP contribution in [0.25, 0.3) is 0 Å². The van der Waals surface area contributed by atoms with Gasteiger partial charge >= 0.3 is 16.1 Å². The van der Waals surface area contributed by atoms with Crippen molar-refractivity contribution in [3.05, 3.63) is 28.3 Å². The minimum Gasteiger partial charge on any atom is -0.490 e. The van der Waals surface area contributed by atoms with Crippen LogP contribution in [-0.2, 0) is 10.4 Å². The molecular formula is C7H11N3O7S. The summed E-state index contributed by atoms with van der Waals surface area (Å²) in [6.45, 7) is 0. The Kier molecular flexibility index (Phi) is 5.98. The summed E-state index contributed by atoms with van der Waals surface area (Å²) in [5, 5.41) is 10.6. The van der Waals surface area contributed by atoms with Gasteiger partial charge in [0.25, 0.3) is 0 Å². The van der Waals surface area contributed by atoms with Gasteiger partial charge in [-0.05, 0) is 12.1 Å². The highest BCUT2D eigenvalue weighted by molar-refractivity contribution is 7.79. The van der Waals surface area contributed by atoms with E-state index in [1.165, 1.54) is 19.2 Å². The number of anilines is 1. The molecule has 0 aliphatic rings. The fourth-order valence-electron chi connectivity index (χ4n) is 0.992. The highest BCUT2D eigenvalue weighted by Crippen LogP contribution is 2.33. The van der Waals surface area contributed by atoms with Crippen LogP contribution in [-0.4, -0.2) is 29.6 Å². The number of nitro groups is 1. The van der Waals surface area contributed by atoms with Crippen molar-refractivity contribution in [2.45, 2.75) is 0 Å². The first-order valence-corrected chi connectivity index (χ1v) is 5.58. The highest BCUT2D eigenvalue weighted by Gasteiger charge is 2.19. The molecule has 11 heteroatoms. The summed E-state index contributed by atoms with van der Waals surface area (Å²) < 4.78 is 36.4. The first-order chi connectivity index (χ1) is 8.20. The minimum atomic E-state index is -4.67. The van der Waals surface area contributed by atoms with Crippen molar-refractivity contribution in [2.24, 2.45) is 5.84 Å². The second-order valence-corrected chi connectivity index (χ2v) is 3.60. The Labute approximate surface area is 102 Å². The average molecular weight is 281 g/mol. The summed E-state index contributed by atoms with van der Waals surface area (Å²) in [7, 11) is -3.30. The Hall–Kier alpha value is -1.95. The van der Waals surface area contributed by atoms with Gasteiger partial charge in [-0.25, -0.2) is 0 Å². The molecule has 10 nitrogen and oxygen atoms in total. The largest absolute Gasteiger partial charge is 0.490 e. The lowest BCUT2D eigenvalue weighted by molar-refractivity contribution is -0.384. The van der Waals surface area contributed by atoms with E-state index in [-0.39, 0.29) is 17.1 Å². The van der Waals surface area contributed by atoms with Gasteiger partial charge in [-0.15, -0.1) is 0 Å². The van der Waals surface area contributed by atoms with E-state index in [2.05, 4.69) is 5.43 Å². The van der Waals surface area contributed by atoms with Gasteiger partial charge in [0.15, 0.2) is 5.75 Å². The predicted molar refractivity (Wildman–Crippen MR) is 61.6 cm³/mol. The SMILES string of the molecule is COc1cccc(NN)c1[N+](=O)[O-].O=S(=O)(O)O. The summed E-state index contributed by atoms with van der Waals surface area (Å²) in [5.74, 6) is 5.28. The highest BCUT2D eigenvalue weighted by atomic mass is 32.3. The van der Waals surface area contributed by atoms with Crippen molar-refractivity contribution >= 4 is 21.8 Å². The van der Waals surface area contributed by atoms with Gasteiger partial charge in [-0.1, -0.05) is 6.07 Å². The number of rotatable bonds is 3. The van der Waals surface area contributed by atoms with Crippen molar-refractivity contribution in [1.29, 1.82) is 0 Å². The van der Waals surface area contributed by atoms with E-state index >= 15 is 0 Å². The first kappa shape index (κ1) is 16.1. The Morgan fingerprint density at radius 2 is 1.94 bits per heavy atom. The van der Waals surface area contributed by atoms with Crippen LogP contribution < -0.4 is 16.0 Å². The molecule has 0 amide bonds. The van der Waals surface area contributed by atoms with E-state index in [0.717, 1.165) is 0 Å². The third-order valence-electron chi connectivity index (χ3n) is 1.56. The number of para-hydroxylation sites is 1. The maximum atomic E-state index is 10.6. The molecule has 0 saturated carbocycles. The molecule has 0 bridgehead atoms. The van der Waals surface area contributed by atoms with Crippen molar-refractivity contribution in [2.75, 3.05) is 12.5 Å². The molecule has 1 aromatic carbocycles. The summed E-state index contributed by atoms with van der Waals surface area (Å²) >= 11 is 0. The van der Waals surface area contributed by atoms with Gasteiger partial charge in [-0.2, -0.15) is 8.42 Å². The van der Waals surface area contributed by atoms with Gasteiger partial charge in [0, 0.05) is 0 Å². The zero-order valence-corrected chi connectivity index (χ0v) is 9.92. The van der Waals surface area contributed by atoms with Crippen LogP contribution in [0, 0.1) is 10.1 Å². The third-order valence-corrected chi connectivity index (χ3v) is 1.56. The molecule has 0 aliphatic heterocycles. The first-order valence-electron chi connectivity index (χ1n) is 4.18. The van der Waals surface area contributed by atoms with E-state index in [9.17, 15) is 10.1 Å². The van der Waals surface area contributed by atoms with Gasteiger partial charge in [0.2, 0.25) is 0 Å². The third kappa shape index (κ3) is 5.95. The monoisotopic (exact) mass is 281 g/mol. The number of ether oxygens (including phenoxy) is 1. The number of methoxy groups -OCH3 is 1. The summed E-state index contributed by atoms with van der Waals surface area (Å²) in [5.41, 5.74) is 2.30. The lowest BCUT2D eigenvalue weighted by atomic mass is 10.2. The fourth-order valence-corrected chi connectivity index (χ4v) is 0.992.